The van der Waals surface area contributed by atoms with Crippen LogP contribution in [-0.4, -0.2) is 41.0 Å². The summed E-state index contributed by atoms with van der Waals surface area (Å²) in [5.74, 6) is -0.0431. The van der Waals surface area contributed by atoms with E-state index in [9.17, 15) is 9.18 Å². The molecule has 0 spiro atoms. The van der Waals surface area contributed by atoms with Crippen molar-refractivity contribution in [3.8, 4) is 33.9 Å². The number of anilines is 1. The summed E-state index contributed by atoms with van der Waals surface area (Å²) in [5, 5.41) is 10.4. The van der Waals surface area contributed by atoms with Crippen molar-refractivity contribution in [1.29, 1.82) is 0 Å². The van der Waals surface area contributed by atoms with Gasteiger partial charge in [-0.05, 0) is 60.5 Å². The van der Waals surface area contributed by atoms with E-state index in [0.717, 1.165) is 16.6 Å². The molecular formula is C31H21FN8O. The number of carbonyl (C=O) groups excluding carboxylic acids is 1. The molecular weight excluding hydrogens is 519 g/mol. The number of carbonyl (C=O) groups is 1. The van der Waals surface area contributed by atoms with Crippen molar-refractivity contribution in [3.05, 3.63) is 108 Å². The van der Waals surface area contributed by atoms with Crippen molar-refractivity contribution in [2.75, 3.05) is 5.32 Å². The zero-order chi connectivity index (χ0) is 27.9. The third-order valence-corrected chi connectivity index (χ3v) is 6.71. The standard InChI is InChI=1S/C31H21FN8O/c1-17-9-19(11-21(32)10-17)23-15-34-16-26-27(23)38-30(37-26)29-28-25(39-40-29)8-7-24(36-28)20-12-22(14-33-13-20)35-31(41)18-5-3-2-4-6-18/h2-16H,1H3,(H,35,41)(H,37,38)(H,39,40). The first-order valence-corrected chi connectivity index (χ1v) is 12.8. The molecule has 41 heavy (non-hydrogen) atoms. The molecule has 0 fully saturated rings. The van der Waals surface area contributed by atoms with Crippen LogP contribution < -0.4 is 5.32 Å². The van der Waals surface area contributed by atoms with Crippen LogP contribution in [0.1, 0.15) is 15.9 Å². The van der Waals surface area contributed by atoms with Crippen molar-refractivity contribution in [2.45, 2.75) is 6.92 Å². The van der Waals surface area contributed by atoms with Crippen LogP contribution in [0.15, 0.2) is 91.5 Å². The summed E-state index contributed by atoms with van der Waals surface area (Å²) in [4.78, 5) is 34.2. The summed E-state index contributed by atoms with van der Waals surface area (Å²) in [6.07, 6.45) is 6.63. The molecule has 0 atom stereocenters. The van der Waals surface area contributed by atoms with Crippen LogP contribution in [0.5, 0.6) is 0 Å². The first kappa shape index (κ1) is 24.3. The molecule has 7 aromatic rings. The summed E-state index contributed by atoms with van der Waals surface area (Å²) in [6, 6.07) is 19.4. The number of H-pyrrole nitrogens is 2. The van der Waals surface area contributed by atoms with Gasteiger partial charge in [-0.3, -0.25) is 19.9 Å². The Morgan fingerprint density at radius 3 is 2.54 bits per heavy atom. The molecule has 2 aromatic carbocycles. The van der Waals surface area contributed by atoms with Gasteiger partial charge in [-0.15, -0.1) is 0 Å². The lowest BCUT2D eigenvalue weighted by molar-refractivity contribution is 0.102. The second kappa shape index (κ2) is 9.76. The molecule has 0 aliphatic rings. The quantitative estimate of drug-likeness (QED) is 0.234. The van der Waals surface area contributed by atoms with Gasteiger partial charge in [0, 0.05) is 29.1 Å². The molecule has 9 nitrogen and oxygen atoms in total. The molecule has 0 saturated carbocycles. The van der Waals surface area contributed by atoms with Crippen LogP contribution in [0.25, 0.3) is 56.0 Å². The molecule has 0 bridgehead atoms. The van der Waals surface area contributed by atoms with Crippen LogP contribution in [0, 0.1) is 12.7 Å². The zero-order valence-corrected chi connectivity index (χ0v) is 21.7. The highest BCUT2D eigenvalue weighted by atomic mass is 19.1. The number of aryl methyl sites for hydroxylation is 1. The lowest BCUT2D eigenvalue weighted by Crippen LogP contribution is -2.11. The number of aromatic amines is 2. The van der Waals surface area contributed by atoms with Gasteiger partial charge in [0.25, 0.3) is 5.91 Å². The molecule has 0 unspecified atom stereocenters. The van der Waals surface area contributed by atoms with E-state index in [1.165, 1.54) is 12.1 Å². The topological polar surface area (TPSA) is 125 Å². The molecule has 0 aliphatic heterocycles. The molecule has 0 aliphatic carbocycles. The fourth-order valence-corrected chi connectivity index (χ4v) is 4.81. The van der Waals surface area contributed by atoms with Gasteiger partial charge in [0.1, 0.15) is 11.3 Å². The molecule has 0 saturated heterocycles. The van der Waals surface area contributed by atoms with Crippen molar-refractivity contribution in [2.24, 2.45) is 0 Å². The number of amides is 1. The maximum Gasteiger partial charge on any atom is 0.255 e. The number of halogens is 1. The van der Waals surface area contributed by atoms with E-state index >= 15 is 0 Å². The Morgan fingerprint density at radius 1 is 0.829 bits per heavy atom. The fraction of sp³-hybridized carbons (Fsp3) is 0.0323. The number of aromatic nitrogens is 7. The van der Waals surface area contributed by atoms with E-state index in [-0.39, 0.29) is 11.7 Å². The average molecular weight is 541 g/mol. The molecule has 1 amide bonds. The van der Waals surface area contributed by atoms with E-state index < -0.39 is 0 Å². The predicted molar refractivity (Wildman–Crippen MR) is 155 cm³/mol. The number of fused-ring (bicyclic) bond motifs is 2. The van der Waals surface area contributed by atoms with Crippen LogP contribution >= 0.6 is 0 Å². The Balaban J connectivity index is 1.25. The number of rotatable bonds is 5. The Kier molecular flexibility index (Phi) is 5.78. The molecule has 5 heterocycles. The smallest absolute Gasteiger partial charge is 0.255 e. The van der Waals surface area contributed by atoms with Gasteiger partial charge in [-0.2, -0.15) is 5.10 Å². The Bertz CT molecular complexity index is 2060. The van der Waals surface area contributed by atoms with Gasteiger partial charge < -0.3 is 10.3 Å². The number of hydrogen-bond donors (Lipinski definition) is 3. The molecule has 10 heteroatoms. The van der Waals surface area contributed by atoms with Crippen LogP contribution in [0.3, 0.4) is 0 Å². The number of benzene rings is 2. The number of pyridine rings is 3. The van der Waals surface area contributed by atoms with Gasteiger partial charge in [0.05, 0.1) is 40.3 Å². The molecule has 0 radical (unpaired) electrons. The van der Waals surface area contributed by atoms with Crippen molar-refractivity contribution < 1.29 is 9.18 Å². The van der Waals surface area contributed by atoms with Crippen LogP contribution in [0.4, 0.5) is 10.1 Å². The van der Waals surface area contributed by atoms with Gasteiger partial charge in [0.15, 0.2) is 11.5 Å². The second-order valence-electron chi connectivity index (χ2n) is 9.63. The largest absolute Gasteiger partial charge is 0.335 e. The molecule has 198 valence electrons. The highest BCUT2D eigenvalue weighted by Gasteiger charge is 2.18. The van der Waals surface area contributed by atoms with E-state index in [4.69, 9.17) is 9.97 Å². The van der Waals surface area contributed by atoms with Gasteiger partial charge >= 0.3 is 0 Å². The predicted octanol–water partition coefficient (Wildman–Crippen LogP) is 6.33. The maximum absolute atomic E-state index is 14.2. The average Bonchev–Trinajstić information content (AvgIpc) is 3.61. The first-order chi connectivity index (χ1) is 20.0. The first-order valence-electron chi connectivity index (χ1n) is 12.8. The van der Waals surface area contributed by atoms with Gasteiger partial charge in [-0.1, -0.05) is 24.3 Å². The second-order valence-corrected chi connectivity index (χ2v) is 9.63. The third-order valence-electron chi connectivity index (χ3n) is 6.71. The summed E-state index contributed by atoms with van der Waals surface area (Å²) in [6.45, 7) is 1.84. The van der Waals surface area contributed by atoms with Crippen LogP contribution in [-0.2, 0) is 0 Å². The van der Waals surface area contributed by atoms with Gasteiger partial charge in [0.2, 0.25) is 0 Å². The number of nitrogens with zero attached hydrogens (tertiary/aromatic N) is 5. The molecule has 3 N–H and O–H groups in total. The van der Waals surface area contributed by atoms with E-state index in [1.807, 2.05) is 49.4 Å². The zero-order valence-electron chi connectivity index (χ0n) is 21.7. The molecule has 7 rings (SSSR count). The third kappa shape index (κ3) is 4.57. The molecule has 5 aromatic heterocycles. The minimum atomic E-state index is -0.319. The summed E-state index contributed by atoms with van der Waals surface area (Å²) in [7, 11) is 0. The van der Waals surface area contributed by atoms with E-state index in [2.05, 4.69) is 30.5 Å². The van der Waals surface area contributed by atoms with Gasteiger partial charge in [-0.25, -0.2) is 14.4 Å². The summed E-state index contributed by atoms with van der Waals surface area (Å²) >= 11 is 0. The van der Waals surface area contributed by atoms with Crippen molar-refractivity contribution >= 4 is 33.7 Å². The summed E-state index contributed by atoms with van der Waals surface area (Å²) in [5.41, 5.74) is 7.89. The maximum atomic E-state index is 14.2. The highest BCUT2D eigenvalue weighted by molar-refractivity contribution is 6.04. The lowest BCUT2D eigenvalue weighted by atomic mass is 10.0. The Hall–Kier alpha value is -5.77. The lowest BCUT2D eigenvalue weighted by Gasteiger charge is -2.07. The number of imidazole rings is 1. The van der Waals surface area contributed by atoms with E-state index in [1.54, 1.807) is 36.9 Å². The Labute approximate surface area is 232 Å². The minimum Gasteiger partial charge on any atom is -0.335 e. The van der Waals surface area contributed by atoms with Crippen molar-refractivity contribution in [1.82, 2.24) is 35.1 Å². The Morgan fingerprint density at radius 2 is 1.68 bits per heavy atom. The number of nitrogens with one attached hydrogen (secondary N) is 3. The highest BCUT2D eigenvalue weighted by Crippen LogP contribution is 2.32. The fourth-order valence-electron chi connectivity index (χ4n) is 4.81. The monoisotopic (exact) mass is 540 g/mol. The van der Waals surface area contributed by atoms with Crippen LogP contribution in [0.2, 0.25) is 0 Å². The summed E-state index contributed by atoms with van der Waals surface area (Å²) < 4.78 is 14.2. The minimum absolute atomic E-state index is 0.225. The number of hydrogen-bond acceptors (Lipinski definition) is 6. The normalized spacial score (nSPS) is 11.3. The SMILES string of the molecule is Cc1cc(F)cc(-c2cncc3[nH]c(-c4n[nH]c5ccc(-c6cncc(NC(=O)c7ccccc7)c6)nc45)nc23)c1. The van der Waals surface area contributed by atoms with E-state index in [0.29, 0.717) is 56.1 Å². The van der Waals surface area contributed by atoms with Crippen molar-refractivity contribution in [3.63, 3.8) is 0 Å².